The minimum Gasteiger partial charge on any atom is -0.431 e. The normalized spacial score (nSPS) is 24.0. The van der Waals surface area contributed by atoms with Crippen LogP contribution in [0.25, 0.3) is 10.2 Å². The Kier molecular flexibility index (Phi) is 4.72. The number of benzene rings is 1. The van der Waals surface area contributed by atoms with Gasteiger partial charge in [-0.15, -0.1) is 0 Å². The quantitative estimate of drug-likeness (QED) is 0.675. The topological polar surface area (TPSA) is 67.4 Å². The van der Waals surface area contributed by atoms with Gasteiger partial charge in [-0.25, -0.2) is 4.98 Å². The van der Waals surface area contributed by atoms with Crippen LogP contribution >= 0.6 is 11.3 Å². The van der Waals surface area contributed by atoms with Crippen molar-refractivity contribution in [1.29, 1.82) is 0 Å². The third kappa shape index (κ3) is 3.60. The molecule has 0 radical (unpaired) electrons. The Balaban J connectivity index is 1.30. The molecule has 7 heteroatoms. The summed E-state index contributed by atoms with van der Waals surface area (Å²) in [4.78, 5) is 22.9. The van der Waals surface area contributed by atoms with Gasteiger partial charge in [-0.2, -0.15) is 0 Å². The molecule has 150 valence electrons. The van der Waals surface area contributed by atoms with Crippen molar-refractivity contribution in [3.63, 3.8) is 0 Å². The number of hydrogen-bond acceptors (Lipinski definition) is 6. The highest BCUT2D eigenvalue weighted by Gasteiger charge is 2.48. The predicted molar refractivity (Wildman–Crippen MR) is 113 cm³/mol. The second-order valence-electron chi connectivity index (χ2n) is 7.99. The summed E-state index contributed by atoms with van der Waals surface area (Å²) in [6.45, 7) is 2.47. The van der Waals surface area contributed by atoms with Crippen molar-refractivity contribution in [2.75, 3.05) is 0 Å². The van der Waals surface area contributed by atoms with E-state index in [9.17, 15) is 4.79 Å². The smallest absolute Gasteiger partial charge is 0.279 e. The molecule has 2 aliphatic rings. The zero-order valence-corrected chi connectivity index (χ0v) is 17.2. The molecule has 0 aliphatic carbocycles. The molecule has 1 N–H and O–H groups in total. The summed E-state index contributed by atoms with van der Waals surface area (Å²) in [5.41, 5.74) is 1.92. The van der Waals surface area contributed by atoms with Gasteiger partial charge >= 0.3 is 0 Å². The summed E-state index contributed by atoms with van der Waals surface area (Å²) in [7, 11) is 0. The van der Waals surface area contributed by atoms with Gasteiger partial charge in [-0.3, -0.25) is 14.7 Å². The highest BCUT2D eigenvalue weighted by Crippen LogP contribution is 2.43. The average molecular weight is 409 g/mol. The summed E-state index contributed by atoms with van der Waals surface area (Å²) < 4.78 is 7.01. The molecule has 2 saturated heterocycles. The van der Waals surface area contributed by atoms with E-state index in [0.29, 0.717) is 11.2 Å². The van der Waals surface area contributed by atoms with Crippen LogP contribution in [-0.4, -0.2) is 32.5 Å². The lowest BCUT2D eigenvalue weighted by Crippen LogP contribution is -2.60. The van der Waals surface area contributed by atoms with Gasteiger partial charge in [0.05, 0.1) is 16.6 Å². The van der Waals surface area contributed by atoms with Crippen LogP contribution in [0.5, 0.6) is 10.9 Å². The molecule has 2 atom stereocenters. The van der Waals surface area contributed by atoms with Gasteiger partial charge in [0, 0.05) is 25.7 Å². The summed E-state index contributed by atoms with van der Waals surface area (Å²) in [6.07, 6.45) is 9.16. The number of rotatable bonds is 5. The summed E-state index contributed by atoms with van der Waals surface area (Å²) in [5.74, 6) is 0.839. The molecule has 0 spiro atoms. The van der Waals surface area contributed by atoms with Gasteiger partial charge in [0.1, 0.15) is 11.3 Å². The number of nitrogens with zero attached hydrogens (tertiary/aromatic N) is 3. The third-order valence-electron chi connectivity index (χ3n) is 6.07. The average Bonchev–Trinajstić information content (AvgIpc) is 3.17. The van der Waals surface area contributed by atoms with Crippen LogP contribution in [0.2, 0.25) is 0 Å². The van der Waals surface area contributed by atoms with Gasteiger partial charge < -0.3 is 10.1 Å². The fraction of sp³-hybridized carbons (Fsp3) is 0.409. The molecule has 4 heterocycles. The first-order valence-electron chi connectivity index (χ1n) is 10.1. The lowest BCUT2D eigenvalue weighted by molar-refractivity contribution is -0.124. The van der Waals surface area contributed by atoms with E-state index in [1.54, 1.807) is 19.3 Å². The highest BCUT2D eigenvalue weighted by molar-refractivity contribution is 7.20. The van der Waals surface area contributed by atoms with E-state index in [4.69, 9.17) is 4.74 Å². The fourth-order valence-corrected chi connectivity index (χ4v) is 5.62. The number of amides is 1. The Morgan fingerprint density at radius 2 is 2.14 bits per heavy atom. The second-order valence-corrected chi connectivity index (χ2v) is 8.99. The van der Waals surface area contributed by atoms with Gasteiger partial charge in [-0.05, 0) is 55.9 Å². The van der Waals surface area contributed by atoms with Gasteiger partial charge in [-0.1, -0.05) is 23.5 Å². The van der Waals surface area contributed by atoms with E-state index in [0.717, 1.165) is 41.8 Å². The Morgan fingerprint density at radius 1 is 1.28 bits per heavy atom. The van der Waals surface area contributed by atoms with Crippen molar-refractivity contribution in [3.05, 3.63) is 48.3 Å². The number of hydrogen-bond donors (Lipinski definition) is 1. The van der Waals surface area contributed by atoms with E-state index >= 15 is 0 Å². The molecule has 5 rings (SSSR count). The Morgan fingerprint density at radius 3 is 2.93 bits per heavy atom. The van der Waals surface area contributed by atoms with Gasteiger partial charge in [0.15, 0.2) is 0 Å². The second kappa shape index (κ2) is 7.39. The van der Waals surface area contributed by atoms with Crippen molar-refractivity contribution in [3.8, 4) is 10.9 Å². The minimum absolute atomic E-state index is 0.0623. The van der Waals surface area contributed by atoms with Crippen LogP contribution in [0, 0.1) is 0 Å². The molecule has 2 fully saturated rings. The molecule has 2 aliphatic heterocycles. The first-order valence-corrected chi connectivity index (χ1v) is 11.0. The van der Waals surface area contributed by atoms with Crippen LogP contribution in [0.1, 0.15) is 44.6 Å². The third-order valence-corrected chi connectivity index (χ3v) is 6.98. The molecular formula is C22H24N4O2S. The number of ether oxygens (including phenoxy) is 1. The number of aromatic nitrogens is 2. The Hall–Kier alpha value is -2.51. The number of piperidine rings is 1. The van der Waals surface area contributed by atoms with Crippen LogP contribution < -0.4 is 10.1 Å². The summed E-state index contributed by atoms with van der Waals surface area (Å²) in [5, 5.41) is 3.89. The molecule has 6 nitrogen and oxygen atoms in total. The molecule has 0 saturated carbocycles. The SMILES string of the molecule is CC(=O)N[C@@]12CCC[C@@H](CC1)N2Cc1ccc(Oc2nc3cnccc3s2)cc1. The number of pyridine rings is 1. The number of carbonyl (C=O) groups is 1. The maximum atomic E-state index is 11.8. The molecule has 1 aromatic carbocycles. The molecule has 2 bridgehead atoms. The van der Waals surface area contributed by atoms with Crippen molar-refractivity contribution < 1.29 is 9.53 Å². The van der Waals surface area contributed by atoms with E-state index in [2.05, 4.69) is 32.3 Å². The molecule has 29 heavy (non-hydrogen) atoms. The van der Waals surface area contributed by atoms with E-state index in [1.165, 1.54) is 29.7 Å². The standard InChI is InChI=1S/C22H24N4O2S/c1-15(27)25-22-10-2-3-17(8-11-22)26(22)14-16-4-6-18(7-5-16)28-21-24-19-13-23-12-9-20(19)29-21/h4-7,9,12-13,17H,2-3,8,10-11,14H2,1H3,(H,25,27)/t17-,22+/m0/s1. The maximum absolute atomic E-state index is 11.8. The molecule has 0 unspecified atom stereocenters. The van der Waals surface area contributed by atoms with Crippen LogP contribution in [0.15, 0.2) is 42.7 Å². The van der Waals surface area contributed by atoms with Gasteiger partial charge in [0.2, 0.25) is 5.91 Å². The number of nitrogens with one attached hydrogen (secondary N) is 1. The molecule has 3 aromatic rings. The lowest BCUT2D eigenvalue weighted by atomic mass is 9.95. The van der Waals surface area contributed by atoms with Crippen molar-refractivity contribution in [2.24, 2.45) is 0 Å². The zero-order valence-electron chi connectivity index (χ0n) is 16.4. The van der Waals surface area contributed by atoms with Gasteiger partial charge in [0.25, 0.3) is 5.19 Å². The minimum atomic E-state index is -0.168. The molecule has 2 aromatic heterocycles. The maximum Gasteiger partial charge on any atom is 0.279 e. The monoisotopic (exact) mass is 408 g/mol. The zero-order chi connectivity index (χ0) is 19.8. The Bertz CT molecular complexity index is 998. The van der Waals surface area contributed by atoms with E-state index in [1.807, 2.05) is 18.2 Å². The number of thiazole rings is 1. The first kappa shape index (κ1) is 18.5. The predicted octanol–water partition coefficient (Wildman–Crippen LogP) is 4.46. The van der Waals surface area contributed by atoms with Crippen molar-refractivity contribution in [2.45, 2.75) is 57.3 Å². The van der Waals surface area contributed by atoms with Crippen LogP contribution in [0.4, 0.5) is 0 Å². The molecular weight excluding hydrogens is 384 g/mol. The highest BCUT2D eigenvalue weighted by atomic mass is 32.1. The van der Waals surface area contributed by atoms with Crippen LogP contribution in [-0.2, 0) is 11.3 Å². The van der Waals surface area contributed by atoms with E-state index < -0.39 is 0 Å². The molecule has 1 amide bonds. The number of carbonyl (C=O) groups excluding carboxylic acids is 1. The fourth-order valence-electron chi connectivity index (χ4n) is 4.82. The van der Waals surface area contributed by atoms with Crippen molar-refractivity contribution >= 4 is 27.5 Å². The Labute approximate surface area is 173 Å². The lowest BCUT2D eigenvalue weighted by Gasteiger charge is -2.45. The first-order chi connectivity index (χ1) is 14.1. The van der Waals surface area contributed by atoms with Crippen molar-refractivity contribution in [1.82, 2.24) is 20.2 Å². The summed E-state index contributed by atoms with van der Waals surface area (Å²) in [6, 6.07) is 10.7. The van der Waals surface area contributed by atoms with E-state index in [-0.39, 0.29) is 11.6 Å². The largest absolute Gasteiger partial charge is 0.431 e. The number of fused-ring (bicyclic) bond motifs is 3. The van der Waals surface area contributed by atoms with Crippen LogP contribution in [0.3, 0.4) is 0 Å². The summed E-state index contributed by atoms with van der Waals surface area (Å²) >= 11 is 1.52.